The Morgan fingerprint density at radius 2 is 1.90 bits per heavy atom. The van der Waals surface area contributed by atoms with Gasteiger partial charge in [0, 0.05) is 4.83 Å². The second-order valence-corrected chi connectivity index (χ2v) is 7.51. The quantitative estimate of drug-likeness (QED) is 0.746. The van der Waals surface area contributed by atoms with Crippen molar-refractivity contribution < 1.29 is 19.4 Å². The van der Waals surface area contributed by atoms with Crippen molar-refractivity contribution in [1.29, 1.82) is 0 Å². The van der Waals surface area contributed by atoms with E-state index in [1.807, 2.05) is 0 Å². The molecule has 116 valence electrons. The van der Waals surface area contributed by atoms with Crippen LogP contribution in [0, 0.1) is 5.92 Å². The molecule has 0 radical (unpaired) electrons. The number of carbonyl (C=O) groups excluding carboxylic acids is 1. The maximum Gasteiger partial charge on any atom is 0.408 e. The first-order valence-electron chi connectivity index (χ1n) is 7.05. The van der Waals surface area contributed by atoms with E-state index in [-0.39, 0.29) is 4.83 Å². The number of nitrogens with one attached hydrogen (secondary N) is 1. The van der Waals surface area contributed by atoms with Gasteiger partial charge in [-0.3, -0.25) is 0 Å². The van der Waals surface area contributed by atoms with Crippen LogP contribution in [0.5, 0.6) is 0 Å². The fourth-order valence-electron chi connectivity index (χ4n) is 2.41. The first-order valence-corrected chi connectivity index (χ1v) is 7.97. The zero-order valence-electron chi connectivity index (χ0n) is 12.3. The molecule has 2 atom stereocenters. The molecule has 1 amide bonds. The van der Waals surface area contributed by atoms with Crippen LogP contribution >= 0.6 is 15.9 Å². The van der Waals surface area contributed by atoms with Gasteiger partial charge in [0.15, 0.2) is 0 Å². The van der Waals surface area contributed by atoms with Crippen LogP contribution < -0.4 is 5.32 Å². The highest BCUT2D eigenvalue weighted by atomic mass is 79.9. The van der Waals surface area contributed by atoms with E-state index in [1.54, 1.807) is 20.8 Å². The van der Waals surface area contributed by atoms with Crippen molar-refractivity contribution in [3.05, 3.63) is 0 Å². The molecule has 2 N–H and O–H groups in total. The zero-order chi connectivity index (χ0) is 15.3. The molecular formula is C14H24BrNO4. The van der Waals surface area contributed by atoms with Crippen molar-refractivity contribution in [2.45, 2.75) is 69.3 Å². The number of carboxylic acids is 1. The molecule has 0 bridgehead atoms. The van der Waals surface area contributed by atoms with Gasteiger partial charge in [0.25, 0.3) is 0 Å². The van der Waals surface area contributed by atoms with Crippen LogP contribution in [-0.4, -0.2) is 33.6 Å². The third-order valence-corrected chi connectivity index (χ3v) is 4.48. The molecule has 5 nitrogen and oxygen atoms in total. The minimum absolute atomic E-state index is 0.112. The summed E-state index contributed by atoms with van der Waals surface area (Å²) >= 11 is 3.57. The molecule has 1 saturated carbocycles. The smallest absolute Gasteiger partial charge is 0.408 e. The van der Waals surface area contributed by atoms with E-state index >= 15 is 0 Å². The largest absolute Gasteiger partial charge is 0.480 e. The number of rotatable bonds is 5. The monoisotopic (exact) mass is 349 g/mol. The number of alkyl halides is 1. The maximum absolute atomic E-state index is 11.7. The number of aliphatic carboxylic acids is 1. The minimum atomic E-state index is -1.03. The number of carbonyl (C=O) groups is 2. The highest BCUT2D eigenvalue weighted by molar-refractivity contribution is 9.09. The van der Waals surface area contributed by atoms with Crippen LogP contribution in [-0.2, 0) is 9.53 Å². The van der Waals surface area contributed by atoms with E-state index in [9.17, 15) is 14.7 Å². The summed E-state index contributed by atoms with van der Waals surface area (Å²) in [7, 11) is 0. The van der Waals surface area contributed by atoms with Crippen LogP contribution in [0.1, 0.15) is 52.9 Å². The van der Waals surface area contributed by atoms with Crippen LogP contribution in [0.3, 0.4) is 0 Å². The lowest BCUT2D eigenvalue weighted by molar-refractivity contribution is -0.139. The van der Waals surface area contributed by atoms with Crippen LogP contribution in [0.2, 0.25) is 0 Å². The van der Waals surface area contributed by atoms with Crippen molar-refractivity contribution in [3.63, 3.8) is 0 Å². The van der Waals surface area contributed by atoms with Gasteiger partial charge < -0.3 is 15.2 Å². The number of amides is 1. The molecule has 0 saturated heterocycles. The van der Waals surface area contributed by atoms with Crippen molar-refractivity contribution >= 4 is 28.0 Å². The van der Waals surface area contributed by atoms with Gasteiger partial charge in [0.1, 0.15) is 11.6 Å². The SMILES string of the molecule is CC(C)(C)OC(=O)N[C@@H](CC(Br)C1CCCC1)C(=O)O. The molecule has 0 aliphatic heterocycles. The Bertz CT molecular complexity index is 348. The number of hydrogen-bond acceptors (Lipinski definition) is 3. The molecule has 0 aromatic rings. The van der Waals surface area contributed by atoms with Gasteiger partial charge >= 0.3 is 12.1 Å². The topological polar surface area (TPSA) is 75.6 Å². The summed E-state index contributed by atoms with van der Waals surface area (Å²) in [6.07, 6.45) is 4.33. The van der Waals surface area contributed by atoms with Gasteiger partial charge in [-0.15, -0.1) is 0 Å². The average molecular weight is 350 g/mol. The number of alkyl carbamates (subject to hydrolysis) is 1. The Morgan fingerprint density at radius 1 is 1.35 bits per heavy atom. The molecule has 6 heteroatoms. The number of carboxylic acid groups (broad SMARTS) is 1. The van der Waals surface area contributed by atoms with E-state index in [2.05, 4.69) is 21.2 Å². The molecule has 1 rings (SSSR count). The summed E-state index contributed by atoms with van der Waals surface area (Å²) in [6, 6.07) is -0.921. The molecule has 1 unspecified atom stereocenters. The van der Waals surface area contributed by atoms with Gasteiger partial charge in [0.2, 0.25) is 0 Å². The molecule has 0 aromatic carbocycles. The van der Waals surface area contributed by atoms with E-state index < -0.39 is 23.7 Å². The van der Waals surface area contributed by atoms with Crippen molar-refractivity contribution in [2.24, 2.45) is 5.92 Å². The summed E-state index contributed by atoms with van der Waals surface area (Å²) in [5.74, 6) is -0.532. The summed E-state index contributed by atoms with van der Waals surface area (Å²) in [4.78, 5) is 23.0. The molecule has 0 spiro atoms. The molecule has 0 aromatic heterocycles. The average Bonchev–Trinajstić information content (AvgIpc) is 2.78. The fourth-order valence-corrected chi connectivity index (χ4v) is 3.31. The van der Waals surface area contributed by atoms with Crippen LogP contribution in [0.4, 0.5) is 4.79 Å². The minimum Gasteiger partial charge on any atom is -0.480 e. The zero-order valence-corrected chi connectivity index (χ0v) is 13.9. The third-order valence-electron chi connectivity index (χ3n) is 3.36. The summed E-state index contributed by atoms with van der Waals surface area (Å²) in [6.45, 7) is 5.23. The highest BCUT2D eigenvalue weighted by Crippen LogP contribution is 2.33. The predicted molar refractivity (Wildman–Crippen MR) is 80.1 cm³/mol. The van der Waals surface area contributed by atoms with Gasteiger partial charge in [-0.25, -0.2) is 9.59 Å². The fraction of sp³-hybridized carbons (Fsp3) is 0.857. The molecule has 1 aliphatic carbocycles. The van der Waals surface area contributed by atoms with E-state index in [0.717, 1.165) is 12.8 Å². The molecule has 1 fully saturated rings. The van der Waals surface area contributed by atoms with Crippen molar-refractivity contribution in [1.82, 2.24) is 5.32 Å². The molecule has 1 aliphatic rings. The third kappa shape index (κ3) is 6.11. The Labute approximate surface area is 128 Å². The van der Waals surface area contributed by atoms with Gasteiger partial charge in [0.05, 0.1) is 0 Å². The summed E-state index contributed by atoms with van der Waals surface area (Å²) in [5.41, 5.74) is -0.633. The molecular weight excluding hydrogens is 326 g/mol. The molecule has 20 heavy (non-hydrogen) atoms. The standard InChI is InChI=1S/C14H24BrNO4/c1-14(2,3)20-13(19)16-11(12(17)18)8-10(15)9-6-4-5-7-9/h9-11H,4-8H2,1-3H3,(H,16,19)(H,17,18)/t10?,11-/m0/s1. The summed E-state index contributed by atoms with van der Waals surface area (Å²) in [5, 5.41) is 11.7. The van der Waals surface area contributed by atoms with Gasteiger partial charge in [-0.05, 0) is 46.0 Å². The first kappa shape index (κ1) is 17.3. The molecule has 0 heterocycles. The lowest BCUT2D eigenvalue weighted by Crippen LogP contribution is -2.45. The van der Waals surface area contributed by atoms with E-state index in [1.165, 1.54) is 12.8 Å². The Hall–Kier alpha value is -0.780. The maximum atomic E-state index is 11.7. The van der Waals surface area contributed by atoms with Gasteiger partial charge in [-0.2, -0.15) is 0 Å². The van der Waals surface area contributed by atoms with Crippen LogP contribution in [0.15, 0.2) is 0 Å². The first-order chi connectivity index (χ1) is 9.19. The normalized spacial score (nSPS) is 19.4. The number of hydrogen-bond donors (Lipinski definition) is 2. The number of ether oxygens (including phenoxy) is 1. The van der Waals surface area contributed by atoms with E-state index in [4.69, 9.17) is 4.74 Å². The lowest BCUT2D eigenvalue weighted by Gasteiger charge is -2.24. The van der Waals surface area contributed by atoms with Crippen molar-refractivity contribution in [3.8, 4) is 0 Å². The second-order valence-electron chi connectivity index (χ2n) is 6.33. The lowest BCUT2D eigenvalue weighted by atomic mass is 9.98. The summed E-state index contributed by atoms with van der Waals surface area (Å²) < 4.78 is 5.10. The predicted octanol–water partition coefficient (Wildman–Crippen LogP) is 3.31. The second kappa shape index (κ2) is 7.29. The number of halogens is 1. The Kier molecular flexibility index (Phi) is 6.30. The van der Waals surface area contributed by atoms with E-state index in [0.29, 0.717) is 12.3 Å². The Balaban J connectivity index is 2.51. The van der Waals surface area contributed by atoms with Crippen molar-refractivity contribution in [2.75, 3.05) is 0 Å². The van der Waals surface area contributed by atoms with Crippen LogP contribution in [0.25, 0.3) is 0 Å². The van der Waals surface area contributed by atoms with Gasteiger partial charge in [-0.1, -0.05) is 28.8 Å². The Morgan fingerprint density at radius 3 is 2.35 bits per heavy atom. The highest BCUT2D eigenvalue weighted by Gasteiger charge is 2.30.